The number of benzene rings is 1. The van der Waals surface area contributed by atoms with Crippen molar-refractivity contribution in [1.82, 2.24) is 19.6 Å². The van der Waals surface area contributed by atoms with Crippen molar-refractivity contribution in [3.05, 3.63) is 41.2 Å². The molecule has 0 aliphatic heterocycles. The first-order chi connectivity index (χ1) is 13.1. The fourth-order valence-electron chi connectivity index (χ4n) is 3.43. The van der Waals surface area contributed by atoms with Gasteiger partial charge in [0.05, 0.1) is 25.5 Å². The van der Waals surface area contributed by atoms with Crippen LogP contribution in [0, 0.1) is 0 Å². The van der Waals surface area contributed by atoms with E-state index in [0.717, 1.165) is 28.5 Å². The molecule has 0 saturated carbocycles. The largest absolute Gasteiger partial charge is 0.497 e. The topological polar surface area (TPSA) is 78.6 Å². The highest BCUT2D eigenvalue weighted by atomic mass is 32.2. The number of carbonyl (C=O) groups is 1. The van der Waals surface area contributed by atoms with Crippen LogP contribution < -0.4 is 9.47 Å². The average Bonchev–Trinajstić information content (AvgIpc) is 3.07. The maximum Gasteiger partial charge on any atom is 0.253 e. The Kier molecular flexibility index (Phi) is 4.73. The zero-order valence-electron chi connectivity index (χ0n) is 15.4. The molecule has 0 bridgehead atoms. The molecule has 1 atom stereocenters. The van der Waals surface area contributed by atoms with Crippen molar-refractivity contribution in [3.8, 4) is 11.5 Å². The summed E-state index contributed by atoms with van der Waals surface area (Å²) in [5, 5.41) is 5.06. The fraction of sp³-hybridized carbons (Fsp3) is 0.368. The van der Waals surface area contributed by atoms with E-state index in [-0.39, 0.29) is 11.7 Å². The van der Waals surface area contributed by atoms with Crippen LogP contribution in [-0.4, -0.2) is 45.3 Å². The predicted octanol–water partition coefficient (Wildman–Crippen LogP) is 3.17. The van der Waals surface area contributed by atoms with Gasteiger partial charge >= 0.3 is 0 Å². The van der Waals surface area contributed by atoms with E-state index in [1.165, 1.54) is 0 Å². The molecule has 1 aromatic carbocycles. The first-order valence-electron chi connectivity index (χ1n) is 8.77. The third-order valence-corrected chi connectivity index (χ3v) is 5.44. The molecular weight excluding hydrogens is 364 g/mol. The lowest BCUT2D eigenvalue weighted by atomic mass is 9.82. The Morgan fingerprint density at radius 3 is 2.81 bits per heavy atom. The number of aromatic nitrogens is 4. The highest BCUT2D eigenvalue weighted by Crippen LogP contribution is 2.38. The van der Waals surface area contributed by atoms with E-state index in [4.69, 9.17) is 9.47 Å². The number of ketones is 1. The zero-order valence-corrected chi connectivity index (χ0v) is 16.2. The van der Waals surface area contributed by atoms with Crippen molar-refractivity contribution in [2.45, 2.75) is 30.8 Å². The van der Waals surface area contributed by atoms with Crippen molar-refractivity contribution >= 4 is 23.3 Å². The van der Waals surface area contributed by atoms with E-state index < -0.39 is 0 Å². The number of rotatable bonds is 5. The Hall–Kier alpha value is -2.61. The van der Waals surface area contributed by atoms with Gasteiger partial charge in [-0.2, -0.15) is 4.98 Å². The van der Waals surface area contributed by atoms with Crippen LogP contribution in [0.4, 0.5) is 0 Å². The number of hydrogen-bond donors (Lipinski definition) is 0. The average molecular weight is 384 g/mol. The van der Waals surface area contributed by atoms with E-state index in [9.17, 15) is 4.79 Å². The molecule has 140 valence electrons. The first-order valence-corrected chi connectivity index (χ1v) is 9.75. The van der Waals surface area contributed by atoms with Gasteiger partial charge in [-0.3, -0.25) is 4.79 Å². The second-order valence-electron chi connectivity index (χ2n) is 6.31. The molecule has 2 heterocycles. The second-order valence-corrected chi connectivity index (χ2v) is 7.54. The SMILES string of the molecule is CCSc1nc2nc3c(cn2n1)C(=O)C[C@@H](c1ccc(OC)cc1OC)C3. The summed E-state index contributed by atoms with van der Waals surface area (Å²) in [5.74, 6) is 2.93. The smallest absolute Gasteiger partial charge is 0.253 e. The summed E-state index contributed by atoms with van der Waals surface area (Å²) in [6, 6.07) is 5.70. The number of hydrogen-bond acceptors (Lipinski definition) is 7. The van der Waals surface area contributed by atoms with E-state index in [1.807, 2.05) is 25.1 Å². The number of fused-ring (bicyclic) bond motifs is 2. The summed E-state index contributed by atoms with van der Waals surface area (Å²) in [6.07, 6.45) is 2.83. The van der Waals surface area contributed by atoms with Crippen molar-refractivity contribution < 1.29 is 14.3 Å². The van der Waals surface area contributed by atoms with Crippen molar-refractivity contribution in [3.63, 3.8) is 0 Å². The third kappa shape index (κ3) is 3.25. The van der Waals surface area contributed by atoms with Gasteiger partial charge in [0.2, 0.25) is 5.16 Å². The van der Waals surface area contributed by atoms with Gasteiger partial charge in [-0.25, -0.2) is 9.50 Å². The van der Waals surface area contributed by atoms with Crippen LogP contribution in [0.1, 0.15) is 40.9 Å². The highest BCUT2D eigenvalue weighted by molar-refractivity contribution is 7.99. The van der Waals surface area contributed by atoms with Crippen molar-refractivity contribution in [2.75, 3.05) is 20.0 Å². The number of Topliss-reactive ketones (excluding diaryl/α,β-unsaturated/α-hetero) is 1. The molecule has 27 heavy (non-hydrogen) atoms. The molecule has 3 aromatic rings. The Morgan fingerprint density at radius 2 is 2.07 bits per heavy atom. The molecule has 0 N–H and O–H groups in total. The van der Waals surface area contributed by atoms with Gasteiger partial charge in [0, 0.05) is 24.6 Å². The van der Waals surface area contributed by atoms with Crippen LogP contribution in [0.15, 0.2) is 29.6 Å². The third-order valence-electron chi connectivity index (χ3n) is 4.72. The lowest BCUT2D eigenvalue weighted by molar-refractivity contribution is 0.0962. The number of thioether (sulfide) groups is 1. The summed E-state index contributed by atoms with van der Waals surface area (Å²) in [4.78, 5) is 21.9. The molecule has 2 aromatic heterocycles. The molecule has 4 rings (SSSR count). The molecule has 7 nitrogen and oxygen atoms in total. The number of carbonyl (C=O) groups excluding carboxylic acids is 1. The van der Waals surface area contributed by atoms with Crippen molar-refractivity contribution in [2.24, 2.45) is 0 Å². The lowest BCUT2D eigenvalue weighted by Crippen LogP contribution is -2.21. The molecule has 8 heteroatoms. The summed E-state index contributed by atoms with van der Waals surface area (Å²) < 4.78 is 12.4. The summed E-state index contributed by atoms with van der Waals surface area (Å²) in [6.45, 7) is 2.05. The minimum atomic E-state index is 0.00761. The zero-order chi connectivity index (χ0) is 19.0. The molecule has 0 radical (unpaired) electrons. The summed E-state index contributed by atoms with van der Waals surface area (Å²) in [7, 11) is 3.25. The van der Waals surface area contributed by atoms with Crippen LogP contribution in [0.2, 0.25) is 0 Å². The lowest BCUT2D eigenvalue weighted by Gasteiger charge is -2.24. The molecule has 1 aliphatic carbocycles. The predicted molar refractivity (Wildman–Crippen MR) is 102 cm³/mol. The normalized spacial score (nSPS) is 16.4. The molecular formula is C19H20N4O3S. The molecule has 0 unspecified atom stereocenters. The van der Waals surface area contributed by atoms with Crippen LogP contribution in [0.3, 0.4) is 0 Å². The Balaban J connectivity index is 1.72. The van der Waals surface area contributed by atoms with Gasteiger partial charge < -0.3 is 9.47 Å². The minimum Gasteiger partial charge on any atom is -0.497 e. The Labute approximate surface area is 161 Å². The van der Waals surface area contributed by atoms with Gasteiger partial charge in [-0.05, 0) is 23.8 Å². The Morgan fingerprint density at radius 1 is 1.22 bits per heavy atom. The van der Waals surface area contributed by atoms with Gasteiger partial charge in [0.1, 0.15) is 11.5 Å². The Bertz CT molecular complexity index is 1020. The minimum absolute atomic E-state index is 0.00761. The van der Waals surface area contributed by atoms with Crippen LogP contribution >= 0.6 is 11.8 Å². The maximum absolute atomic E-state index is 12.8. The van der Waals surface area contributed by atoms with Gasteiger partial charge in [0.15, 0.2) is 5.78 Å². The quantitative estimate of drug-likeness (QED) is 0.625. The molecule has 0 spiro atoms. The van der Waals surface area contributed by atoms with E-state index in [0.29, 0.717) is 29.3 Å². The van der Waals surface area contributed by atoms with Crippen LogP contribution in [-0.2, 0) is 6.42 Å². The molecule has 0 saturated heterocycles. The highest BCUT2D eigenvalue weighted by Gasteiger charge is 2.30. The fourth-order valence-corrected chi connectivity index (χ4v) is 3.98. The van der Waals surface area contributed by atoms with Gasteiger partial charge in [0.25, 0.3) is 5.78 Å². The molecule has 0 fully saturated rings. The summed E-state index contributed by atoms with van der Waals surface area (Å²) in [5.41, 5.74) is 2.38. The van der Waals surface area contributed by atoms with Gasteiger partial charge in [-0.15, -0.1) is 5.10 Å². The van der Waals surface area contributed by atoms with Crippen LogP contribution in [0.25, 0.3) is 5.78 Å². The van der Waals surface area contributed by atoms with Crippen LogP contribution in [0.5, 0.6) is 11.5 Å². The standard InChI is InChI=1S/C19H20N4O3S/c1-4-27-19-21-18-20-15-7-11(8-16(24)14(15)10-23(18)22-19)13-6-5-12(25-2)9-17(13)26-3/h5-6,9-11H,4,7-8H2,1-3H3/t11-/m0/s1. The molecule has 0 amide bonds. The summed E-state index contributed by atoms with van der Waals surface area (Å²) >= 11 is 1.55. The van der Waals surface area contributed by atoms with E-state index in [1.54, 1.807) is 36.7 Å². The number of methoxy groups -OCH3 is 2. The maximum atomic E-state index is 12.8. The van der Waals surface area contributed by atoms with E-state index >= 15 is 0 Å². The number of ether oxygens (including phenoxy) is 2. The number of nitrogens with zero attached hydrogens (tertiary/aromatic N) is 4. The van der Waals surface area contributed by atoms with Crippen molar-refractivity contribution in [1.29, 1.82) is 0 Å². The second kappa shape index (κ2) is 7.19. The van der Waals surface area contributed by atoms with E-state index in [2.05, 4.69) is 15.1 Å². The van der Waals surface area contributed by atoms with Gasteiger partial charge in [-0.1, -0.05) is 24.8 Å². The molecule has 1 aliphatic rings. The first kappa shape index (κ1) is 17.8. The monoisotopic (exact) mass is 384 g/mol.